The van der Waals surface area contributed by atoms with Gasteiger partial charge in [-0.2, -0.15) is 0 Å². The number of hydrogen-bond donors (Lipinski definition) is 0. The van der Waals surface area contributed by atoms with E-state index >= 15 is 0 Å². The van der Waals surface area contributed by atoms with E-state index in [0.717, 1.165) is 36.9 Å². The lowest BCUT2D eigenvalue weighted by atomic mass is 9.86. The first-order valence-corrected chi connectivity index (χ1v) is 7.46. The second kappa shape index (κ2) is 4.72. The van der Waals surface area contributed by atoms with E-state index < -0.39 is 5.41 Å². The summed E-state index contributed by atoms with van der Waals surface area (Å²) in [5, 5.41) is 0. The SMILES string of the molecule is CC1(C)C(=O)N(CC(=O)C2CCCC2)c2ccccc21. The van der Waals surface area contributed by atoms with Crippen LogP contribution in [0.15, 0.2) is 24.3 Å². The van der Waals surface area contributed by atoms with E-state index in [1.54, 1.807) is 4.90 Å². The molecule has 1 heterocycles. The first-order valence-electron chi connectivity index (χ1n) is 7.46. The molecule has 1 aromatic rings. The van der Waals surface area contributed by atoms with E-state index in [4.69, 9.17) is 0 Å². The number of fused-ring (bicyclic) bond motifs is 1. The normalized spacial score (nSPS) is 21.3. The van der Waals surface area contributed by atoms with Crippen LogP contribution in [0, 0.1) is 5.92 Å². The number of rotatable bonds is 3. The maximum atomic E-state index is 12.6. The second-order valence-corrected chi connectivity index (χ2v) is 6.48. The monoisotopic (exact) mass is 271 g/mol. The molecule has 106 valence electrons. The number of anilines is 1. The van der Waals surface area contributed by atoms with Crippen LogP contribution in [-0.4, -0.2) is 18.2 Å². The van der Waals surface area contributed by atoms with Crippen LogP contribution in [0.3, 0.4) is 0 Å². The molecule has 20 heavy (non-hydrogen) atoms. The topological polar surface area (TPSA) is 37.4 Å². The number of carbonyl (C=O) groups is 2. The number of para-hydroxylation sites is 1. The second-order valence-electron chi connectivity index (χ2n) is 6.48. The van der Waals surface area contributed by atoms with Gasteiger partial charge < -0.3 is 4.90 Å². The number of benzene rings is 1. The lowest BCUT2D eigenvalue weighted by molar-refractivity contribution is -0.126. The highest BCUT2D eigenvalue weighted by Gasteiger charge is 2.44. The molecule has 3 heteroatoms. The minimum Gasteiger partial charge on any atom is -0.304 e. The lowest BCUT2D eigenvalue weighted by Gasteiger charge is -2.21. The maximum absolute atomic E-state index is 12.6. The predicted octanol–water partition coefficient (Wildman–Crippen LogP) is 3.07. The molecular formula is C17H21NO2. The molecule has 0 bridgehead atoms. The van der Waals surface area contributed by atoms with Crippen LogP contribution in [0.5, 0.6) is 0 Å². The van der Waals surface area contributed by atoms with Gasteiger partial charge in [0.2, 0.25) is 5.91 Å². The highest BCUT2D eigenvalue weighted by Crippen LogP contribution is 2.41. The molecule has 1 saturated carbocycles. The fraction of sp³-hybridized carbons (Fsp3) is 0.529. The van der Waals surface area contributed by atoms with Gasteiger partial charge in [-0.25, -0.2) is 0 Å². The van der Waals surface area contributed by atoms with Gasteiger partial charge in [-0.05, 0) is 38.3 Å². The van der Waals surface area contributed by atoms with Crippen molar-refractivity contribution in [2.24, 2.45) is 5.92 Å². The van der Waals surface area contributed by atoms with Gasteiger partial charge in [0, 0.05) is 11.6 Å². The highest BCUT2D eigenvalue weighted by atomic mass is 16.2. The quantitative estimate of drug-likeness (QED) is 0.847. The number of amides is 1. The third kappa shape index (κ3) is 1.96. The van der Waals surface area contributed by atoms with Crippen LogP contribution in [-0.2, 0) is 15.0 Å². The fourth-order valence-electron chi connectivity index (χ4n) is 3.49. The third-order valence-electron chi connectivity index (χ3n) is 4.77. The van der Waals surface area contributed by atoms with Gasteiger partial charge in [-0.3, -0.25) is 9.59 Å². The third-order valence-corrected chi connectivity index (χ3v) is 4.77. The van der Waals surface area contributed by atoms with Gasteiger partial charge in [-0.15, -0.1) is 0 Å². The van der Waals surface area contributed by atoms with Gasteiger partial charge in [0.15, 0.2) is 5.78 Å². The molecule has 3 rings (SSSR count). The molecule has 3 nitrogen and oxygen atoms in total. The van der Waals surface area contributed by atoms with E-state index in [-0.39, 0.29) is 24.2 Å². The number of hydrogen-bond acceptors (Lipinski definition) is 2. The Morgan fingerprint density at radius 1 is 1.25 bits per heavy atom. The molecule has 0 aromatic heterocycles. The smallest absolute Gasteiger partial charge is 0.237 e. The summed E-state index contributed by atoms with van der Waals surface area (Å²) in [5.41, 5.74) is 1.42. The number of ketones is 1. The number of Topliss-reactive ketones (excluding diaryl/α,β-unsaturated/α-hetero) is 1. The summed E-state index contributed by atoms with van der Waals surface area (Å²) < 4.78 is 0. The van der Waals surface area contributed by atoms with E-state index in [1.807, 2.05) is 38.1 Å². The van der Waals surface area contributed by atoms with Crippen molar-refractivity contribution < 1.29 is 9.59 Å². The van der Waals surface area contributed by atoms with Crippen LogP contribution in [0.25, 0.3) is 0 Å². The molecule has 0 N–H and O–H groups in total. The van der Waals surface area contributed by atoms with Crippen molar-refractivity contribution in [2.45, 2.75) is 44.9 Å². The summed E-state index contributed by atoms with van der Waals surface area (Å²) in [6.45, 7) is 4.12. The van der Waals surface area contributed by atoms with Crippen molar-refractivity contribution in [1.82, 2.24) is 0 Å². The molecular weight excluding hydrogens is 250 g/mol. The Labute approximate surface area is 120 Å². The molecule has 1 fully saturated rings. The number of carbonyl (C=O) groups excluding carboxylic acids is 2. The molecule has 1 aliphatic heterocycles. The molecule has 0 atom stereocenters. The van der Waals surface area contributed by atoms with Crippen molar-refractivity contribution in [3.63, 3.8) is 0 Å². The molecule has 0 spiro atoms. The first-order chi connectivity index (χ1) is 9.51. The molecule has 1 aromatic carbocycles. The van der Waals surface area contributed by atoms with E-state index in [1.165, 1.54) is 0 Å². The summed E-state index contributed by atoms with van der Waals surface area (Å²) in [6.07, 6.45) is 4.27. The molecule has 0 unspecified atom stereocenters. The first kappa shape index (κ1) is 13.3. The minimum absolute atomic E-state index is 0.0463. The average Bonchev–Trinajstić information content (AvgIpc) is 3.02. The lowest BCUT2D eigenvalue weighted by Crippen LogP contribution is -2.40. The Balaban J connectivity index is 1.87. The van der Waals surface area contributed by atoms with Crippen molar-refractivity contribution in [3.8, 4) is 0 Å². The molecule has 2 aliphatic rings. The zero-order chi connectivity index (χ0) is 14.3. The Kier molecular flexibility index (Phi) is 3.15. The van der Waals surface area contributed by atoms with Crippen molar-refractivity contribution in [2.75, 3.05) is 11.4 Å². The van der Waals surface area contributed by atoms with Gasteiger partial charge in [-0.1, -0.05) is 31.0 Å². The fourth-order valence-corrected chi connectivity index (χ4v) is 3.49. The standard InChI is InChI=1S/C17H21NO2/c1-17(2)13-9-5-6-10-14(13)18(16(17)20)11-15(19)12-7-3-4-8-12/h5-6,9-10,12H,3-4,7-8,11H2,1-2H3. The molecule has 0 radical (unpaired) electrons. The van der Waals surface area contributed by atoms with Gasteiger partial charge >= 0.3 is 0 Å². The van der Waals surface area contributed by atoms with E-state index in [9.17, 15) is 9.59 Å². The summed E-state index contributed by atoms with van der Waals surface area (Å²) in [7, 11) is 0. The zero-order valence-electron chi connectivity index (χ0n) is 12.2. The van der Waals surface area contributed by atoms with Gasteiger partial charge in [0.05, 0.1) is 12.0 Å². The average molecular weight is 271 g/mol. The zero-order valence-corrected chi connectivity index (χ0v) is 12.2. The highest BCUT2D eigenvalue weighted by molar-refractivity contribution is 6.10. The molecule has 1 amide bonds. The van der Waals surface area contributed by atoms with E-state index in [2.05, 4.69) is 0 Å². The maximum Gasteiger partial charge on any atom is 0.237 e. The summed E-state index contributed by atoms with van der Waals surface area (Å²) >= 11 is 0. The Hall–Kier alpha value is -1.64. The van der Waals surface area contributed by atoms with Crippen LogP contribution in [0.2, 0.25) is 0 Å². The largest absolute Gasteiger partial charge is 0.304 e. The van der Waals surface area contributed by atoms with Crippen molar-refractivity contribution >= 4 is 17.4 Å². The van der Waals surface area contributed by atoms with Crippen LogP contribution in [0.1, 0.15) is 45.1 Å². The Morgan fingerprint density at radius 2 is 1.90 bits per heavy atom. The van der Waals surface area contributed by atoms with Gasteiger partial charge in [0.1, 0.15) is 0 Å². The molecule has 1 aliphatic carbocycles. The Morgan fingerprint density at radius 3 is 2.60 bits per heavy atom. The van der Waals surface area contributed by atoms with Crippen LogP contribution >= 0.6 is 0 Å². The van der Waals surface area contributed by atoms with Crippen LogP contribution in [0.4, 0.5) is 5.69 Å². The van der Waals surface area contributed by atoms with Gasteiger partial charge in [0.25, 0.3) is 0 Å². The van der Waals surface area contributed by atoms with E-state index in [0.29, 0.717) is 0 Å². The summed E-state index contributed by atoms with van der Waals surface area (Å²) in [6, 6.07) is 7.83. The molecule has 0 saturated heterocycles. The predicted molar refractivity (Wildman–Crippen MR) is 78.8 cm³/mol. The van der Waals surface area contributed by atoms with Crippen LogP contribution < -0.4 is 4.90 Å². The van der Waals surface area contributed by atoms with Crippen molar-refractivity contribution in [3.05, 3.63) is 29.8 Å². The summed E-state index contributed by atoms with van der Waals surface area (Å²) in [4.78, 5) is 26.7. The minimum atomic E-state index is -0.521. The Bertz CT molecular complexity index is 556. The van der Waals surface area contributed by atoms with Crippen molar-refractivity contribution in [1.29, 1.82) is 0 Å². The number of nitrogens with zero attached hydrogens (tertiary/aromatic N) is 1. The summed E-state index contributed by atoms with van der Waals surface area (Å²) in [5.74, 6) is 0.437.